The summed E-state index contributed by atoms with van der Waals surface area (Å²) in [6.45, 7) is 2.87. The van der Waals surface area contributed by atoms with Gasteiger partial charge in [0.15, 0.2) is 0 Å². The number of carbonyl (C=O) groups excluding carboxylic acids is 1. The molecule has 0 fully saturated rings. The predicted octanol–water partition coefficient (Wildman–Crippen LogP) is 3.20. The Hall–Kier alpha value is -1.76. The van der Waals surface area contributed by atoms with Crippen molar-refractivity contribution in [3.63, 3.8) is 0 Å². The molecule has 0 spiro atoms. The summed E-state index contributed by atoms with van der Waals surface area (Å²) in [4.78, 5) is 11.7. The number of amides is 2. The highest BCUT2D eigenvalue weighted by Crippen LogP contribution is 2.34. The van der Waals surface area contributed by atoms with Crippen molar-refractivity contribution in [3.8, 4) is 0 Å². The van der Waals surface area contributed by atoms with Crippen LogP contribution in [0.1, 0.15) is 25.3 Å². The Labute approximate surface area is 121 Å². The van der Waals surface area contributed by atoms with E-state index in [0.717, 1.165) is 18.9 Å². The number of alkyl halides is 3. The molecule has 0 saturated carbocycles. The van der Waals surface area contributed by atoms with Gasteiger partial charge in [-0.3, -0.25) is 0 Å². The summed E-state index contributed by atoms with van der Waals surface area (Å²) in [7, 11) is 0. The number of hydrogen-bond donors (Lipinski definition) is 3. The van der Waals surface area contributed by atoms with Crippen molar-refractivity contribution < 1.29 is 18.0 Å². The van der Waals surface area contributed by atoms with Gasteiger partial charge in [-0.25, -0.2) is 4.79 Å². The van der Waals surface area contributed by atoms with Crippen LogP contribution in [0.2, 0.25) is 0 Å². The Kier molecular flexibility index (Phi) is 6.48. The number of nitrogens with two attached hydrogens (primary N) is 1. The third-order valence-electron chi connectivity index (χ3n) is 3.18. The molecule has 1 rings (SSSR count). The van der Waals surface area contributed by atoms with Crippen LogP contribution < -0.4 is 16.4 Å². The highest BCUT2D eigenvalue weighted by molar-refractivity contribution is 5.90. The standard InChI is InChI=1S/C14H20F3N3O/c1-2-10(7-8-18)9-19-13(21)20-12-6-4-3-5-11(12)14(15,16)17/h3-6,10H,2,7-9,18H2,1H3,(H2,19,20,21). The molecule has 21 heavy (non-hydrogen) atoms. The molecule has 2 amide bonds. The van der Waals surface area contributed by atoms with Crippen LogP contribution in [-0.4, -0.2) is 19.1 Å². The van der Waals surface area contributed by atoms with Crippen LogP contribution in [0.4, 0.5) is 23.7 Å². The van der Waals surface area contributed by atoms with E-state index in [1.54, 1.807) is 0 Å². The fraction of sp³-hybridized carbons (Fsp3) is 0.500. The van der Waals surface area contributed by atoms with E-state index >= 15 is 0 Å². The molecule has 7 heteroatoms. The summed E-state index contributed by atoms with van der Waals surface area (Å²) in [6, 6.07) is 4.22. The minimum absolute atomic E-state index is 0.221. The van der Waals surface area contributed by atoms with Crippen LogP contribution in [-0.2, 0) is 6.18 Å². The van der Waals surface area contributed by atoms with E-state index in [-0.39, 0.29) is 11.6 Å². The maximum absolute atomic E-state index is 12.8. The number of anilines is 1. The van der Waals surface area contributed by atoms with Crippen molar-refractivity contribution in [1.82, 2.24) is 5.32 Å². The van der Waals surface area contributed by atoms with E-state index in [1.807, 2.05) is 6.92 Å². The predicted molar refractivity (Wildman–Crippen MR) is 75.9 cm³/mol. The Morgan fingerprint density at radius 1 is 1.33 bits per heavy atom. The number of nitrogens with one attached hydrogen (secondary N) is 2. The quantitative estimate of drug-likeness (QED) is 0.755. The zero-order chi connectivity index (χ0) is 15.9. The molecule has 0 bridgehead atoms. The summed E-state index contributed by atoms with van der Waals surface area (Å²) < 4.78 is 38.3. The van der Waals surface area contributed by atoms with Gasteiger partial charge in [0.25, 0.3) is 0 Å². The van der Waals surface area contributed by atoms with Crippen molar-refractivity contribution in [2.45, 2.75) is 25.9 Å². The maximum Gasteiger partial charge on any atom is 0.418 e. The molecule has 0 aliphatic carbocycles. The third-order valence-corrected chi connectivity index (χ3v) is 3.18. The largest absolute Gasteiger partial charge is 0.418 e. The fourth-order valence-electron chi connectivity index (χ4n) is 1.93. The number of benzene rings is 1. The zero-order valence-corrected chi connectivity index (χ0v) is 11.8. The fourth-order valence-corrected chi connectivity index (χ4v) is 1.93. The van der Waals surface area contributed by atoms with Crippen molar-refractivity contribution in [3.05, 3.63) is 29.8 Å². The average molecular weight is 303 g/mol. The number of para-hydroxylation sites is 1. The zero-order valence-electron chi connectivity index (χ0n) is 11.8. The van der Waals surface area contributed by atoms with Gasteiger partial charge in [-0.15, -0.1) is 0 Å². The van der Waals surface area contributed by atoms with Gasteiger partial charge >= 0.3 is 12.2 Å². The van der Waals surface area contributed by atoms with Gasteiger partial charge in [0, 0.05) is 6.54 Å². The van der Waals surface area contributed by atoms with Crippen LogP contribution >= 0.6 is 0 Å². The molecule has 4 N–H and O–H groups in total. The van der Waals surface area contributed by atoms with Crippen molar-refractivity contribution >= 4 is 11.7 Å². The Morgan fingerprint density at radius 3 is 2.57 bits per heavy atom. The smallest absolute Gasteiger partial charge is 0.338 e. The van der Waals surface area contributed by atoms with Gasteiger partial charge < -0.3 is 16.4 Å². The van der Waals surface area contributed by atoms with E-state index in [9.17, 15) is 18.0 Å². The normalized spacial score (nSPS) is 12.8. The number of hydrogen-bond acceptors (Lipinski definition) is 2. The minimum Gasteiger partial charge on any atom is -0.338 e. The van der Waals surface area contributed by atoms with E-state index < -0.39 is 17.8 Å². The van der Waals surface area contributed by atoms with Gasteiger partial charge in [0.1, 0.15) is 0 Å². The van der Waals surface area contributed by atoms with E-state index in [4.69, 9.17) is 5.73 Å². The molecule has 1 unspecified atom stereocenters. The molecule has 0 saturated heterocycles. The summed E-state index contributed by atoms with van der Waals surface area (Å²) in [6.07, 6.45) is -2.90. The van der Waals surface area contributed by atoms with Crippen LogP contribution in [0.15, 0.2) is 24.3 Å². The molecular weight excluding hydrogens is 283 g/mol. The number of halogens is 3. The van der Waals surface area contributed by atoms with Crippen LogP contribution in [0.5, 0.6) is 0 Å². The van der Waals surface area contributed by atoms with Crippen molar-refractivity contribution in [2.24, 2.45) is 11.7 Å². The van der Waals surface area contributed by atoms with Gasteiger partial charge in [-0.2, -0.15) is 13.2 Å². The topological polar surface area (TPSA) is 67.1 Å². The van der Waals surface area contributed by atoms with E-state index in [0.29, 0.717) is 13.1 Å². The molecule has 0 radical (unpaired) electrons. The SMILES string of the molecule is CCC(CCN)CNC(=O)Nc1ccccc1C(F)(F)F. The monoisotopic (exact) mass is 303 g/mol. The highest BCUT2D eigenvalue weighted by Gasteiger charge is 2.33. The van der Waals surface area contributed by atoms with Gasteiger partial charge in [-0.1, -0.05) is 25.5 Å². The second-order valence-electron chi connectivity index (χ2n) is 4.73. The minimum atomic E-state index is -4.50. The summed E-state index contributed by atoms with van der Waals surface area (Å²) in [5.41, 5.74) is 4.33. The summed E-state index contributed by atoms with van der Waals surface area (Å²) >= 11 is 0. The van der Waals surface area contributed by atoms with Crippen molar-refractivity contribution in [1.29, 1.82) is 0 Å². The maximum atomic E-state index is 12.8. The van der Waals surface area contributed by atoms with E-state index in [1.165, 1.54) is 18.2 Å². The number of urea groups is 1. The molecule has 4 nitrogen and oxygen atoms in total. The van der Waals surface area contributed by atoms with Crippen LogP contribution in [0.25, 0.3) is 0 Å². The van der Waals surface area contributed by atoms with Gasteiger partial charge in [0.2, 0.25) is 0 Å². The average Bonchev–Trinajstić information content (AvgIpc) is 2.43. The number of carbonyl (C=O) groups is 1. The van der Waals surface area contributed by atoms with Crippen molar-refractivity contribution in [2.75, 3.05) is 18.4 Å². The molecule has 0 heterocycles. The van der Waals surface area contributed by atoms with Crippen LogP contribution in [0.3, 0.4) is 0 Å². The molecule has 0 aliphatic heterocycles. The third kappa shape index (κ3) is 5.63. The molecule has 1 aromatic carbocycles. The molecule has 1 aromatic rings. The first-order valence-corrected chi connectivity index (χ1v) is 6.79. The lowest BCUT2D eigenvalue weighted by Gasteiger charge is -2.17. The molecular formula is C14H20F3N3O. The molecule has 0 aromatic heterocycles. The Bertz CT molecular complexity index is 463. The number of rotatable bonds is 6. The first-order chi connectivity index (χ1) is 9.88. The van der Waals surface area contributed by atoms with Crippen LogP contribution in [0, 0.1) is 5.92 Å². The van der Waals surface area contributed by atoms with E-state index in [2.05, 4.69) is 10.6 Å². The lowest BCUT2D eigenvalue weighted by atomic mass is 10.0. The lowest BCUT2D eigenvalue weighted by molar-refractivity contribution is -0.136. The van der Waals surface area contributed by atoms with Gasteiger partial charge in [0.05, 0.1) is 11.3 Å². The summed E-state index contributed by atoms with van der Waals surface area (Å²) in [5, 5.41) is 4.81. The summed E-state index contributed by atoms with van der Waals surface area (Å²) in [5.74, 6) is 0.221. The Morgan fingerprint density at radius 2 is 2.00 bits per heavy atom. The van der Waals surface area contributed by atoms with Gasteiger partial charge in [-0.05, 0) is 31.0 Å². The first kappa shape index (κ1) is 17.3. The second kappa shape index (κ2) is 7.87. The molecule has 118 valence electrons. The lowest BCUT2D eigenvalue weighted by Crippen LogP contribution is -2.34. The highest BCUT2D eigenvalue weighted by atomic mass is 19.4. The second-order valence-corrected chi connectivity index (χ2v) is 4.73. The first-order valence-electron chi connectivity index (χ1n) is 6.79. The molecule has 1 atom stereocenters. The molecule has 0 aliphatic rings. The Balaban J connectivity index is 2.63.